The summed E-state index contributed by atoms with van der Waals surface area (Å²) in [5.74, 6) is 0.384. The molecule has 1 unspecified atom stereocenters. The molecule has 2 aliphatic heterocycles. The Kier molecular flexibility index (Phi) is 7.22. The lowest BCUT2D eigenvalue weighted by Crippen LogP contribution is -2.20. The number of benzene rings is 3. The Bertz CT molecular complexity index is 1480. The van der Waals surface area contributed by atoms with E-state index in [1.54, 1.807) is 24.3 Å². The Morgan fingerprint density at radius 2 is 1.70 bits per heavy atom. The highest BCUT2D eigenvalue weighted by Crippen LogP contribution is 2.41. The first-order chi connectivity index (χ1) is 17.9. The number of fused-ring (bicyclic) bond motifs is 1. The number of carbonyl (C=O) groups excluding carboxylic acids is 2. The summed E-state index contributed by atoms with van der Waals surface area (Å²) in [5.41, 5.74) is 5.15. The molecule has 0 spiro atoms. The second-order valence-corrected chi connectivity index (χ2v) is 11.9. The normalized spacial score (nSPS) is 17.9. The molecule has 0 saturated carbocycles. The Morgan fingerprint density at radius 3 is 2.38 bits per heavy atom. The van der Waals surface area contributed by atoms with Crippen LogP contribution in [0.1, 0.15) is 52.8 Å². The highest BCUT2D eigenvalue weighted by atomic mass is 32.2. The van der Waals surface area contributed by atoms with E-state index in [1.165, 1.54) is 5.41 Å². The highest BCUT2D eigenvalue weighted by molar-refractivity contribution is 8.15. The summed E-state index contributed by atoms with van der Waals surface area (Å²) in [4.78, 5) is 23.7. The van der Waals surface area contributed by atoms with E-state index < -0.39 is 15.1 Å². The number of amides is 2. The molecule has 3 aromatic rings. The topological polar surface area (TPSA) is 89.5 Å². The molecule has 1 saturated heterocycles. The van der Waals surface area contributed by atoms with E-state index in [2.05, 4.69) is 18.3 Å². The fourth-order valence-corrected chi connectivity index (χ4v) is 7.43. The summed E-state index contributed by atoms with van der Waals surface area (Å²) in [5, 5.41) is 2.85. The minimum atomic E-state index is -3.51. The van der Waals surface area contributed by atoms with Crippen LogP contribution in [0, 0.1) is 0 Å². The molecule has 0 aromatic heterocycles. The van der Waals surface area contributed by atoms with Gasteiger partial charge in [0.05, 0.1) is 11.5 Å². The van der Waals surface area contributed by atoms with Gasteiger partial charge in [-0.2, -0.15) is 0 Å². The number of hydrogen-bond acceptors (Lipinski definition) is 6. The zero-order valence-corrected chi connectivity index (χ0v) is 22.0. The number of rotatable bonds is 9. The van der Waals surface area contributed by atoms with Gasteiger partial charge in [-0.25, -0.2) is 8.42 Å². The van der Waals surface area contributed by atoms with Gasteiger partial charge in [0.15, 0.2) is 0 Å². The second kappa shape index (κ2) is 10.6. The van der Waals surface area contributed by atoms with E-state index in [4.69, 9.17) is 4.74 Å². The van der Waals surface area contributed by atoms with Crippen molar-refractivity contribution in [2.75, 3.05) is 6.61 Å². The van der Waals surface area contributed by atoms with Gasteiger partial charge in [-0.1, -0.05) is 67.9 Å². The standard InChI is InChI=1S/C29H27NO5S2/c1-2-7-23-20(13-16-24-25(18-37(33,34)27(23)24)19-8-4-3-5-9-19)10-6-17-35-22-14-11-21(12-15-22)26-28(31)30-29(32)36-26/h3-5,8-9,11-16,18,26H,2,6-7,10,17H2,1H3,(H,30,31,32). The van der Waals surface area contributed by atoms with Gasteiger partial charge in [0.2, 0.25) is 15.7 Å². The number of thioether (sulfide) groups is 1. The van der Waals surface area contributed by atoms with Crippen LogP contribution in [0.2, 0.25) is 0 Å². The van der Waals surface area contributed by atoms with Gasteiger partial charge in [0.1, 0.15) is 11.0 Å². The summed E-state index contributed by atoms with van der Waals surface area (Å²) in [6.45, 7) is 2.53. The Hall–Kier alpha value is -3.36. The maximum absolute atomic E-state index is 13.2. The highest BCUT2D eigenvalue weighted by Gasteiger charge is 2.33. The Morgan fingerprint density at radius 1 is 0.946 bits per heavy atom. The van der Waals surface area contributed by atoms with Crippen LogP contribution in [0.4, 0.5) is 4.79 Å². The van der Waals surface area contributed by atoms with Gasteiger partial charge in [-0.05, 0) is 65.4 Å². The van der Waals surface area contributed by atoms with Crippen molar-refractivity contribution >= 4 is 38.3 Å². The first-order valence-corrected chi connectivity index (χ1v) is 14.7. The van der Waals surface area contributed by atoms with E-state index in [0.29, 0.717) is 30.1 Å². The maximum Gasteiger partial charge on any atom is 0.286 e. The summed E-state index contributed by atoms with van der Waals surface area (Å²) < 4.78 is 32.3. The molecule has 190 valence electrons. The van der Waals surface area contributed by atoms with E-state index in [9.17, 15) is 18.0 Å². The van der Waals surface area contributed by atoms with Crippen molar-refractivity contribution in [3.8, 4) is 5.75 Å². The molecule has 1 fully saturated rings. The van der Waals surface area contributed by atoms with Crippen LogP contribution in [0.25, 0.3) is 5.57 Å². The van der Waals surface area contributed by atoms with Crippen LogP contribution >= 0.6 is 11.8 Å². The summed E-state index contributed by atoms with van der Waals surface area (Å²) in [6.07, 6.45) is 2.99. The predicted octanol–water partition coefficient (Wildman–Crippen LogP) is 5.85. The molecule has 5 rings (SSSR count). The van der Waals surface area contributed by atoms with E-state index >= 15 is 0 Å². The molecule has 0 radical (unpaired) electrons. The monoisotopic (exact) mass is 533 g/mol. The number of aryl methyl sites for hydroxylation is 1. The van der Waals surface area contributed by atoms with Gasteiger partial charge in [-0.15, -0.1) is 0 Å². The van der Waals surface area contributed by atoms with Crippen LogP contribution in [0.3, 0.4) is 0 Å². The van der Waals surface area contributed by atoms with Crippen LogP contribution in [-0.2, 0) is 27.5 Å². The van der Waals surface area contributed by atoms with Gasteiger partial charge < -0.3 is 4.74 Å². The second-order valence-electron chi connectivity index (χ2n) is 9.07. The van der Waals surface area contributed by atoms with Crippen molar-refractivity contribution in [1.29, 1.82) is 0 Å². The minimum absolute atomic E-state index is 0.297. The average Bonchev–Trinajstić information content (AvgIpc) is 3.38. The van der Waals surface area contributed by atoms with Crippen LogP contribution in [0.15, 0.2) is 77.0 Å². The third-order valence-corrected chi connectivity index (χ3v) is 9.14. The lowest BCUT2D eigenvalue weighted by molar-refractivity contribution is -0.119. The average molecular weight is 534 g/mol. The summed E-state index contributed by atoms with van der Waals surface area (Å²) in [6, 6.07) is 20.8. The van der Waals surface area contributed by atoms with Crippen molar-refractivity contribution in [3.63, 3.8) is 0 Å². The first kappa shape index (κ1) is 25.3. The third kappa shape index (κ3) is 5.22. The molecule has 0 aliphatic carbocycles. The molecule has 2 amide bonds. The lowest BCUT2D eigenvalue weighted by atomic mass is 9.92. The van der Waals surface area contributed by atoms with Gasteiger partial charge >= 0.3 is 0 Å². The van der Waals surface area contributed by atoms with Crippen LogP contribution in [-0.4, -0.2) is 26.2 Å². The van der Waals surface area contributed by atoms with Crippen molar-refractivity contribution in [1.82, 2.24) is 5.32 Å². The quantitative estimate of drug-likeness (QED) is 0.347. The van der Waals surface area contributed by atoms with Gasteiger partial charge in [0.25, 0.3) is 5.24 Å². The van der Waals surface area contributed by atoms with Crippen molar-refractivity contribution < 1.29 is 22.7 Å². The fourth-order valence-electron chi connectivity index (χ4n) is 4.85. The third-order valence-electron chi connectivity index (χ3n) is 6.52. The molecule has 1 atom stereocenters. The molecule has 1 N–H and O–H groups in total. The van der Waals surface area contributed by atoms with Crippen LogP contribution in [0.5, 0.6) is 5.75 Å². The van der Waals surface area contributed by atoms with Crippen molar-refractivity contribution in [3.05, 3.63) is 100.0 Å². The number of carbonyl (C=O) groups is 2. The number of sulfone groups is 1. The molecular formula is C29H27NO5S2. The molecule has 37 heavy (non-hydrogen) atoms. The zero-order valence-electron chi connectivity index (χ0n) is 20.4. The Balaban J connectivity index is 1.27. The number of hydrogen-bond donors (Lipinski definition) is 1. The van der Waals surface area contributed by atoms with Crippen molar-refractivity contribution in [2.24, 2.45) is 0 Å². The SMILES string of the molecule is CCCc1c(CCCOc2ccc(C3SC(=O)NC3=O)cc2)ccc2c1S(=O)(=O)C=C2c1ccccc1. The molecular weight excluding hydrogens is 506 g/mol. The minimum Gasteiger partial charge on any atom is -0.494 e. The number of nitrogens with one attached hydrogen (secondary N) is 1. The number of imide groups is 1. The molecule has 0 bridgehead atoms. The summed E-state index contributed by atoms with van der Waals surface area (Å²) >= 11 is 0.977. The maximum atomic E-state index is 13.2. The van der Waals surface area contributed by atoms with E-state index in [1.807, 2.05) is 36.4 Å². The first-order valence-electron chi connectivity index (χ1n) is 12.3. The zero-order chi connectivity index (χ0) is 26.0. The fraction of sp³-hybridized carbons (Fsp3) is 0.241. The smallest absolute Gasteiger partial charge is 0.286 e. The predicted molar refractivity (Wildman–Crippen MR) is 145 cm³/mol. The molecule has 8 heteroatoms. The Labute approximate surface area is 221 Å². The molecule has 2 aliphatic rings. The molecule has 2 heterocycles. The van der Waals surface area contributed by atoms with Gasteiger partial charge in [0, 0.05) is 16.5 Å². The number of ether oxygens (including phenoxy) is 1. The van der Waals surface area contributed by atoms with E-state index in [0.717, 1.165) is 58.0 Å². The van der Waals surface area contributed by atoms with Gasteiger partial charge in [-0.3, -0.25) is 14.9 Å². The van der Waals surface area contributed by atoms with Crippen molar-refractivity contribution in [2.45, 2.75) is 42.8 Å². The van der Waals surface area contributed by atoms with Crippen LogP contribution < -0.4 is 10.1 Å². The lowest BCUT2D eigenvalue weighted by Gasteiger charge is -2.15. The molecule has 3 aromatic carbocycles. The molecule has 6 nitrogen and oxygen atoms in total. The van der Waals surface area contributed by atoms with E-state index in [-0.39, 0.29) is 11.1 Å². The summed E-state index contributed by atoms with van der Waals surface area (Å²) in [7, 11) is -3.51. The largest absolute Gasteiger partial charge is 0.494 e.